The Hall–Kier alpha value is -2.88. The van der Waals surface area contributed by atoms with E-state index in [-0.39, 0.29) is 28.4 Å². The van der Waals surface area contributed by atoms with E-state index >= 15 is 0 Å². The highest BCUT2D eigenvalue weighted by Gasteiger charge is 2.25. The van der Waals surface area contributed by atoms with E-state index in [4.69, 9.17) is 4.74 Å². The predicted octanol–water partition coefficient (Wildman–Crippen LogP) is 4.40. The maximum atomic E-state index is 12.7. The van der Waals surface area contributed by atoms with Crippen molar-refractivity contribution >= 4 is 11.8 Å². The molecule has 0 aliphatic carbocycles. The summed E-state index contributed by atoms with van der Waals surface area (Å²) < 4.78 is 5.34. The Morgan fingerprint density at radius 2 is 1.68 bits per heavy atom. The van der Waals surface area contributed by atoms with Crippen molar-refractivity contribution in [2.75, 3.05) is 0 Å². The van der Waals surface area contributed by atoms with Crippen LogP contribution in [0.1, 0.15) is 49.2 Å². The first-order chi connectivity index (χ1) is 11.6. The molecule has 4 nitrogen and oxygen atoms in total. The molecule has 0 saturated carbocycles. The number of phenolic OH excluding ortho intramolecular Hbond substituents is 1. The molecule has 0 radical (unpaired) electrons. The summed E-state index contributed by atoms with van der Waals surface area (Å²) in [5.74, 6) is -0.873. The van der Waals surface area contributed by atoms with Gasteiger partial charge in [0.15, 0.2) is 5.78 Å². The van der Waals surface area contributed by atoms with Crippen LogP contribution in [0.4, 0.5) is 0 Å². The molecule has 0 aliphatic heterocycles. The molecule has 2 aromatic carbocycles. The number of aromatic hydroxyl groups is 1. The first-order valence-electron chi connectivity index (χ1n) is 7.96. The zero-order valence-electron chi connectivity index (χ0n) is 14.9. The fourth-order valence-electron chi connectivity index (χ4n) is 2.35. The number of hydrogen-bond donors (Lipinski definition) is 1. The number of carbonyl (C=O) groups is 2. The molecule has 25 heavy (non-hydrogen) atoms. The molecule has 0 saturated heterocycles. The number of hydrogen-bond acceptors (Lipinski definition) is 4. The van der Waals surface area contributed by atoms with Gasteiger partial charge in [-0.2, -0.15) is 0 Å². The molecule has 0 aromatic heterocycles. The van der Waals surface area contributed by atoms with E-state index in [9.17, 15) is 14.7 Å². The smallest absolute Gasteiger partial charge is 0.338 e. The summed E-state index contributed by atoms with van der Waals surface area (Å²) in [6, 6.07) is 11.6. The van der Waals surface area contributed by atoms with Gasteiger partial charge in [-0.3, -0.25) is 4.79 Å². The van der Waals surface area contributed by atoms with Crippen molar-refractivity contribution in [2.24, 2.45) is 0 Å². The van der Waals surface area contributed by atoms with Gasteiger partial charge in [0.25, 0.3) is 0 Å². The second kappa shape index (κ2) is 6.93. The topological polar surface area (TPSA) is 63.6 Å². The Labute approximate surface area is 147 Å². The van der Waals surface area contributed by atoms with Gasteiger partial charge >= 0.3 is 5.97 Å². The van der Waals surface area contributed by atoms with Gasteiger partial charge in [-0.1, -0.05) is 57.7 Å². The number of rotatable bonds is 4. The quantitative estimate of drug-likeness (QED) is 0.388. The monoisotopic (exact) mass is 338 g/mol. The van der Waals surface area contributed by atoms with E-state index < -0.39 is 11.4 Å². The average molecular weight is 338 g/mol. The van der Waals surface area contributed by atoms with Gasteiger partial charge in [0.1, 0.15) is 11.5 Å². The van der Waals surface area contributed by atoms with E-state index in [1.54, 1.807) is 37.3 Å². The number of esters is 1. The standard InChI is InChI=1S/C21H22O4/c1-13(2)20(24)25-18-12-17(22)15(11-16(18)21(3,4)5)19(23)14-9-7-6-8-10-14/h6-12,22H,1H2,2-5H3. The van der Waals surface area contributed by atoms with Crippen LogP contribution in [0.15, 0.2) is 54.6 Å². The van der Waals surface area contributed by atoms with Gasteiger partial charge in [-0.05, 0) is 18.4 Å². The third kappa shape index (κ3) is 4.15. The van der Waals surface area contributed by atoms with Crippen molar-refractivity contribution in [3.63, 3.8) is 0 Å². The predicted molar refractivity (Wildman–Crippen MR) is 97.1 cm³/mol. The average Bonchev–Trinajstić information content (AvgIpc) is 2.54. The summed E-state index contributed by atoms with van der Waals surface area (Å²) in [4.78, 5) is 24.6. The minimum Gasteiger partial charge on any atom is -0.507 e. The molecule has 0 fully saturated rings. The number of phenols is 1. The lowest BCUT2D eigenvalue weighted by atomic mass is 9.84. The Morgan fingerprint density at radius 1 is 1.08 bits per heavy atom. The van der Waals surface area contributed by atoms with Crippen LogP contribution in [0, 0.1) is 0 Å². The van der Waals surface area contributed by atoms with Gasteiger partial charge in [0.2, 0.25) is 0 Å². The molecule has 0 unspecified atom stereocenters. The highest BCUT2D eigenvalue weighted by molar-refractivity contribution is 6.11. The van der Waals surface area contributed by atoms with Crippen molar-refractivity contribution in [1.29, 1.82) is 0 Å². The summed E-state index contributed by atoms with van der Waals surface area (Å²) in [6.07, 6.45) is 0. The molecule has 4 heteroatoms. The molecule has 0 atom stereocenters. The second-order valence-corrected chi connectivity index (χ2v) is 6.98. The Kier molecular flexibility index (Phi) is 5.12. The summed E-state index contributed by atoms with van der Waals surface area (Å²) in [5.41, 5.74) is 1.16. The molecule has 130 valence electrons. The fourth-order valence-corrected chi connectivity index (χ4v) is 2.35. The van der Waals surface area contributed by atoms with Gasteiger partial charge in [0.05, 0.1) is 5.56 Å². The third-order valence-electron chi connectivity index (χ3n) is 3.74. The maximum Gasteiger partial charge on any atom is 0.338 e. The summed E-state index contributed by atoms with van der Waals surface area (Å²) in [7, 11) is 0. The second-order valence-electron chi connectivity index (χ2n) is 6.98. The largest absolute Gasteiger partial charge is 0.507 e. The van der Waals surface area contributed by atoms with E-state index in [0.717, 1.165) is 0 Å². The van der Waals surface area contributed by atoms with Gasteiger partial charge < -0.3 is 9.84 Å². The lowest BCUT2D eigenvalue weighted by Crippen LogP contribution is -2.18. The van der Waals surface area contributed by atoms with Crippen LogP contribution < -0.4 is 4.74 Å². The zero-order valence-corrected chi connectivity index (χ0v) is 14.9. The van der Waals surface area contributed by atoms with E-state index in [1.807, 2.05) is 26.8 Å². The van der Waals surface area contributed by atoms with Crippen molar-refractivity contribution in [1.82, 2.24) is 0 Å². The SMILES string of the molecule is C=C(C)C(=O)Oc1cc(O)c(C(=O)c2ccccc2)cc1C(C)(C)C. The minimum atomic E-state index is -0.577. The van der Waals surface area contributed by atoms with Crippen molar-refractivity contribution < 1.29 is 19.4 Å². The summed E-state index contributed by atoms with van der Waals surface area (Å²) in [5, 5.41) is 10.3. The van der Waals surface area contributed by atoms with Crippen LogP contribution in [0.2, 0.25) is 0 Å². The number of benzene rings is 2. The molecular weight excluding hydrogens is 316 g/mol. The van der Waals surface area contributed by atoms with E-state index in [0.29, 0.717) is 11.1 Å². The normalized spacial score (nSPS) is 11.0. The highest BCUT2D eigenvalue weighted by Crippen LogP contribution is 2.37. The Bertz CT molecular complexity index is 827. The van der Waals surface area contributed by atoms with E-state index in [1.165, 1.54) is 6.07 Å². The minimum absolute atomic E-state index is 0.172. The lowest BCUT2D eigenvalue weighted by Gasteiger charge is -2.23. The van der Waals surface area contributed by atoms with Gasteiger partial charge in [-0.25, -0.2) is 4.79 Å². The summed E-state index contributed by atoms with van der Waals surface area (Å²) >= 11 is 0. The number of ether oxygens (including phenoxy) is 1. The van der Waals surface area contributed by atoms with Crippen LogP contribution in [-0.2, 0) is 10.2 Å². The molecule has 1 N–H and O–H groups in total. The summed E-state index contributed by atoms with van der Waals surface area (Å²) in [6.45, 7) is 10.9. The maximum absolute atomic E-state index is 12.7. The fraction of sp³-hybridized carbons (Fsp3) is 0.238. The zero-order chi connectivity index (χ0) is 18.8. The lowest BCUT2D eigenvalue weighted by molar-refractivity contribution is -0.130. The molecule has 0 bridgehead atoms. The molecular formula is C21H22O4. The van der Waals surface area contributed by atoms with Crippen molar-refractivity contribution in [3.05, 3.63) is 71.3 Å². The highest BCUT2D eigenvalue weighted by atomic mass is 16.5. The van der Waals surface area contributed by atoms with Crippen molar-refractivity contribution in [2.45, 2.75) is 33.1 Å². The molecule has 0 heterocycles. The van der Waals surface area contributed by atoms with Crippen LogP contribution in [0.25, 0.3) is 0 Å². The molecule has 0 spiro atoms. The first-order valence-corrected chi connectivity index (χ1v) is 7.96. The first kappa shape index (κ1) is 18.5. The molecule has 2 rings (SSSR count). The molecule has 0 amide bonds. The third-order valence-corrected chi connectivity index (χ3v) is 3.74. The number of ketones is 1. The van der Waals surface area contributed by atoms with E-state index in [2.05, 4.69) is 6.58 Å². The Morgan fingerprint density at radius 3 is 2.20 bits per heavy atom. The van der Waals surface area contributed by atoms with Crippen LogP contribution in [0.5, 0.6) is 11.5 Å². The van der Waals surface area contributed by atoms with Crippen LogP contribution in [-0.4, -0.2) is 16.9 Å². The van der Waals surface area contributed by atoms with Crippen LogP contribution in [0.3, 0.4) is 0 Å². The molecule has 0 aliphatic rings. The van der Waals surface area contributed by atoms with Crippen LogP contribution >= 0.6 is 0 Å². The molecule has 2 aromatic rings. The van der Waals surface area contributed by atoms with Gasteiger partial charge in [0, 0.05) is 22.8 Å². The number of carbonyl (C=O) groups excluding carboxylic acids is 2. The Balaban J connectivity index is 2.56. The van der Waals surface area contributed by atoms with Crippen molar-refractivity contribution in [3.8, 4) is 11.5 Å². The van der Waals surface area contributed by atoms with Gasteiger partial charge in [-0.15, -0.1) is 0 Å².